The van der Waals surface area contributed by atoms with Crippen LogP contribution in [0.4, 0.5) is 4.79 Å². The van der Waals surface area contributed by atoms with Crippen LogP contribution in [0.3, 0.4) is 0 Å². The van der Waals surface area contributed by atoms with Gasteiger partial charge in [-0.25, -0.2) is 4.79 Å². The summed E-state index contributed by atoms with van der Waals surface area (Å²) in [7, 11) is 0. The number of carbonyl (C=O) groups is 3. The number of urea groups is 1. The van der Waals surface area contributed by atoms with Crippen LogP contribution in [-0.4, -0.2) is 47.7 Å². The first kappa shape index (κ1) is 18.0. The Morgan fingerprint density at radius 1 is 1.16 bits per heavy atom. The first-order valence-corrected chi connectivity index (χ1v) is 9.22. The molecule has 0 aromatic rings. The number of hydrogen-bond acceptors (Lipinski definition) is 4. The Labute approximate surface area is 147 Å². The highest BCUT2D eigenvalue weighted by Crippen LogP contribution is 2.43. The zero-order valence-corrected chi connectivity index (χ0v) is 14.4. The Kier molecular flexibility index (Phi) is 5.46. The molecule has 6 atom stereocenters. The highest BCUT2D eigenvalue weighted by Gasteiger charge is 2.40. The molecule has 1 heterocycles. The molecule has 1 aliphatic heterocycles. The maximum absolute atomic E-state index is 12.0. The van der Waals surface area contributed by atoms with Gasteiger partial charge in [-0.2, -0.15) is 0 Å². The van der Waals surface area contributed by atoms with Crippen molar-refractivity contribution in [3.8, 4) is 0 Å². The molecule has 0 aromatic heterocycles. The topological polar surface area (TPSA) is 134 Å². The van der Waals surface area contributed by atoms with Crippen LogP contribution in [0.2, 0.25) is 0 Å². The summed E-state index contributed by atoms with van der Waals surface area (Å²) in [4.78, 5) is 34.4. The molecule has 2 unspecified atom stereocenters. The molecule has 2 aliphatic carbocycles. The van der Waals surface area contributed by atoms with E-state index in [2.05, 4.69) is 16.0 Å². The van der Waals surface area contributed by atoms with Crippen molar-refractivity contribution in [2.75, 3.05) is 6.54 Å². The Bertz CT molecular complexity index is 527. The fourth-order valence-electron chi connectivity index (χ4n) is 4.78. The lowest BCUT2D eigenvalue weighted by atomic mass is 10.00. The molecular formula is C17H28N4O4. The first-order chi connectivity index (χ1) is 11.9. The number of amides is 3. The van der Waals surface area contributed by atoms with Crippen molar-refractivity contribution in [3.05, 3.63) is 0 Å². The Hall–Kier alpha value is -1.83. The van der Waals surface area contributed by atoms with Crippen molar-refractivity contribution in [3.63, 3.8) is 0 Å². The van der Waals surface area contributed by atoms with Gasteiger partial charge in [0.05, 0.1) is 12.3 Å². The zero-order valence-electron chi connectivity index (χ0n) is 14.4. The van der Waals surface area contributed by atoms with Crippen LogP contribution < -0.4 is 21.7 Å². The molecule has 140 valence electrons. The molecule has 6 N–H and O–H groups in total. The molecule has 0 aromatic carbocycles. The van der Waals surface area contributed by atoms with Gasteiger partial charge in [-0.15, -0.1) is 0 Å². The van der Waals surface area contributed by atoms with E-state index in [1.165, 1.54) is 0 Å². The number of rotatable bonds is 6. The molecule has 0 bridgehead atoms. The molecule has 3 amide bonds. The van der Waals surface area contributed by atoms with Gasteiger partial charge >= 0.3 is 12.0 Å². The highest BCUT2D eigenvalue weighted by atomic mass is 16.4. The van der Waals surface area contributed by atoms with E-state index < -0.39 is 11.9 Å². The van der Waals surface area contributed by atoms with Crippen molar-refractivity contribution in [1.82, 2.24) is 16.0 Å². The van der Waals surface area contributed by atoms with Crippen LogP contribution in [0, 0.1) is 17.8 Å². The summed E-state index contributed by atoms with van der Waals surface area (Å²) in [5, 5.41) is 17.5. The third-order valence-corrected chi connectivity index (χ3v) is 5.87. The number of nitrogens with two attached hydrogens (primary N) is 1. The fraction of sp³-hybridized carbons (Fsp3) is 0.824. The third kappa shape index (κ3) is 4.62. The van der Waals surface area contributed by atoms with Crippen molar-refractivity contribution in [2.45, 2.75) is 63.1 Å². The second kappa shape index (κ2) is 7.59. The third-order valence-electron chi connectivity index (χ3n) is 5.87. The maximum Gasteiger partial charge on any atom is 0.315 e. The molecule has 3 aliphatic rings. The predicted molar refractivity (Wildman–Crippen MR) is 90.7 cm³/mol. The average Bonchev–Trinajstić information content (AvgIpc) is 3.12. The minimum Gasteiger partial charge on any atom is -0.481 e. The molecular weight excluding hydrogens is 324 g/mol. The Morgan fingerprint density at radius 3 is 2.48 bits per heavy atom. The van der Waals surface area contributed by atoms with Gasteiger partial charge in [0.15, 0.2) is 0 Å². The number of carbonyl (C=O) groups excluding carboxylic acids is 2. The van der Waals surface area contributed by atoms with Crippen molar-refractivity contribution in [2.24, 2.45) is 23.5 Å². The summed E-state index contributed by atoms with van der Waals surface area (Å²) in [5.41, 5.74) is 5.98. The second-order valence-corrected chi connectivity index (χ2v) is 7.84. The van der Waals surface area contributed by atoms with Crippen LogP contribution in [0.5, 0.6) is 0 Å². The lowest BCUT2D eigenvalue weighted by molar-refractivity contribution is -0.140. The van der Waals surface area contributed by atoms with E-state index in [1.54, 1.807) is 0 Å². The summed E-state index contributed by atoms with van der Waals surface area (Å²) < 4.78 is 0. The van der Waals surface area contributed by atoms with Gasteiger partial charge in [0.2, 0.25) is 5.91 Å². The van der Waals surface area contributed by atoms with Gasteiger partial charge in [-0.1, -0.05) is 0 Å². The Morgan fingerprint density at radius 2 is 1.84 bits per heavy atom. The van der Waals surface area contributed by atoms with Crippen LogP contribution >= 0.6 is 0 Å². The van der Waals surface area contributed by atoms with Crippen molar-refractivity contribution < 1.29 is 19.5 Å². The normalized spacial score (nSPS) is 36.8. The van der Waals surface area contributed by atoms with E-state index in [-0.39, 0.29) is 30.4 Å². The lowest BCUT2D eigenvalue weighted by Gasteiger charge is -2.16. The van der Waals surface area contributed by atoms with Crippen molar-refractivity contribution in [1.29, 1.82) is 0 Å². The van der Waals surface area contributed by atoms with E-state index in [4.69, 9.17) is 10.8 Å². The smallest absolute Gasteiger partial charge is 0.315 e. The number of carboxylic acids is 1. The highest BCUT2D eigenvalue weighted by molar-refractivity contribution is 5.85. The van der Waals surface area contributed by atoms with Gasteiger partial charge in [0, 0.05) is 24.7 Å². The SMILES string of the molecule is NC1C[C@@H]2CC(NC(=O)NCC[C@@H]3C[C@@H](CC(=O)O)C(=O)N3)C[C@@H]2C1. The van der Waals surface area contributed by atoms with E-state index >= 15 is 0 Å². The minimum absolute atomic E-state index is 0.0653. The molecule has 25 heavy (non-hydrogen) atoms. The molecule has 8 nitrogen and oxygen atoms in total. The van der Waals surface area contributed by atoms with Crippen LogP contribution in [0.25, 0.3) is 0 Å². The molecule has 8 heteroatoms. The molecule has 0 radical (unpaired) electrons. The van der Waals surface area contributed by atoms with E-state index in [1.807, 2.05) is 0 Å². The van der Waals surface area contributed by atoms with Crippen LogP contribution in [-0.2, 0) is 9.59 Å². The minimum atomic E-state index is -0.958. The summed E-state index contributed by atoms with van der Waals surface area (Å²) in [5.74, 6) is -0.311. The first-order valence-electron chi connectivity index (χ1n) is 9.22. The van der Waals surface area contributed by atoms with E-state index in [0.717, 1.165) is 25.7 Å². The quantitative estimate of drug-likeness (QED) is 0.465. The van der Waals surface area contributed by atoms with Gasteiger partial charge in [-0.05, 0) is 50.4 Å². The summed E-state index contributed by atoms with van der Waals surface area (Å²) in [6.07, 6.45) is 5.17. The fourth-order valence-corrected chi connectivity index (χ4v) is 4.78. The van der Waals surface area contributed by atoms with Gasteiger partial charge in [0.25, 0.3) is 0 Å². The van der Waals surface area contributed by atoms with Gasteiger partial charge in [-0.3, -0.25) is 9.59 Å². The number of aliphatic carboxylic acids is 1. The molecule has 2 saturated carbocycles. The summed E-state index contributed by atoms with van der Waals surface area (Å²) >= 11 is 0. The summed E-state index contributed by atoms with van der Waals surface area (Å²) in [6.45, 7) is 0.459. The largest absolute Gasteiger partial charge is 0.481 e. The summed E-state index contributed by atoms with van der Waals surface area (Å²) in [6, 6.07) is 0.329. The molecule has 1 saturated heterocycles. The van der Waals surface area contributed by atoms with Gasteiger partial charge < -0.3 is 26.8 Å². The lowest BCUT2D eigenvalue weighted by Crippen LogP contribution is -2.42. The molecule has 3 fully saturated rings. The maximum atomic E-state index is 12.0. The second-order valence-electron chi connectivity index (χ2n) is 7.84. The molecule has 3 rings (SSSR count). The number of carboxylic acid groups (broad SMARTS) is 1. The number of nitrogens with one attached hydrogen (secondary N) is 3. The zero-order chi connectivity index (χ0) is 18.0. The Balaban J connectivity index is 1.31. The average molecular weight is 352 g/mol. The van der Waals surface area contributed by atoms with Crippen LogP contribution in [0.1, 0.15) is 44.9 Å². The predicted octanol–water partition coefficient (Wildman–Crippen LogP) is 0.171. The molecule has 0 spiro atoms. The van der Waals surface area contributed by atoms with E-state index in [0.29, 0.717) is 37.3 Å². The van der Waals surface area contributed by atoms with Gasteiger partial charge in [0.1, 0.15) is 0 Å². The van der Waals surface area contributed by atoms with Crippen molar-refractivity contribution >= 4 is 17.9 Å². The number of hydrogen-bond donors (Lipinski definition) is 5. The standard InChI is InChI=1S/C17H28N4O4/c18-12-3-9-5-14(6-10(9)4-12)21-17(25)19-2-1-13-7-11(8-15(22)23)16(24)20-13/h9-14H,1-8,18H2,(H,20,24)(H,22,23)(H2,19,21,25)/t9-,10+,11-,12?,13+,14?/m0/s1. The monoisotopic (exact) mass is 352 g/mol. The van der Waals surface area contributed by atoms with E-state index in [9.17, 15) is 14.4 Å². The van der Waals surface area contributed by atoms with Crippen LogP contribution in [0.15, 0.2) is 0 Å². The number of fused-ring (bicyclic) bond motifs is 1.